The van der Waals surface area contributed by atoms with Crippen molar-refractivity contribution in [3.8, 4) is 5.75 Å². The van der Waals surface area contributed by atoms with E-state index in [4.69, 9.17) is 16.6 Å². The molecular weight excluding hydrogens is 322 g/mol. The fourth-order valence-corrected chi connectivity index (χ4v) is 3.37. The molecular formula is C18H15N3O2S. The normalized spacial score (nSPS) is 20.2. The maximum atomic E-state index is 10.3. The van der Waals surface area contributed by atoms with Crippen LogP contribution < -0.4 is 10.2 Å². The number of phenolic OH excluding ortho intramolecular Hbond substituents is 1. The van der Waals surface area contributed by atoms with E-state index in [-0.39, 0.29) is 17.8 Å². The summed E-state index contributed by atoms with van der Waals surface area (Å²) >= 11 is 5.54. The third kappa shape index (κ3) is 2.41. The van der Waals surface area contributed by atoms with Crippen LogP contribution in [0.4, 0.5) is 5.69 Å². The average molecular weight is 337 g/mol. The van der Waals surface area contributed by atoms with E-state index in [1.165, 1.54) is 0 Å². The Hall–Kier alpha value is -2.86. The molecule has 1 aliphatic heterocycles. The van der Waals surface area contributed by atoms with Crippen molar-refractivity contribution in [2.24, 2.45) is 0 Å². The Balaban J connectivity index is 1.84. The molecule has 24 heavy (non-hydrogen) atoms. The third-order valence-electron chi connectivity index (χ3n) is 4.07. The maximum Gasteiger partial charge on any atom is 0.174 e. The largest absolute Gasteiger partial charge is 0.506 e. The van der Waals surface area contributed by atoms with Crippen LogP contribution in [0.25, 0.3) is 0 Å². The summed E-state index contributed by atoms with van der Waals surface area (Å²) in [7, 11) is 0. The first-order valence-electron chi connectivity index (χ1n) is 7.58. The lowest BCUT2D eigenvalue weighted by molar-refractivity contribution is 0.428. The molecule has 3 heterocycles. The summed E-state index contributed by atoms with van der Waals surface area (Å²) in [5, 5.41) is 14.1. The van der Waals surface area contributed by atoms with Gasteiger partial charge >= 0.3 is 0 Å². The molecule has 2 atom stereocenters. The van der Waals surface area contributed by atoms with Crippen molar-refractivity contribution in [3.05, 3.63) is 78.5 Å². The smallest absolute Gasteiger partial charge is 0.174 e. The zero-order valence-electron chi connectivity index (χ0n) is 12.7. The SMILES string of the molecule is Oc1ccccc1N1C(=S)N[C@@H](c2ccccn2)[C@H]1c1ccco1. The van der Waals surface area contributed by atoms with Gasteiger partial charge in [0.05, 0.1) is 23.7 Å². The van der Waals surface area contributed by atoms with Gasteiger partial charge in [0.2, 0.25) is 0 Å². The van der Waals surface area contributed by atoms with E-state index in [1.807, 2.05) is 47.4 Å². The molecule has 3 aromatic rings. The van der Waals surface area contributed by atoms with Gasteiger partial charge in [-0.25, -0.2) is 0 Å². The number of aromatic hydroxyl groups is 1. The van der Waals surface area contributed by atoms with E-state index in [2.05, 4.69) is 10.3 Å². The number of benzene rings is 1. The van der Waals surface area contributed by atoms with Crippen LogP contribution >= 0.6 is 12.2 Å². The second-order valence-electron chi connectivity index (χ2n) is 5.50. The van der Waals surface area contributed by atoms with Crippen molar-refractivity contribution >= 4 is 23.0 Å². The molecule has 2 aromatic heterocycles. The minimum atomic E-state index is -0.240. The number of hydrogen-bond donors (Lipinski definition) is 2. The fraction of sp³-hybridized carbons (Fsp3) is 0.111. The summed E-state index contributed by atoms with van der Waals surface area (Å²) < 4.78 is 5.66. The quantitative estimate of drug-likeness (QED) is 0.713. The van der Waals surface area contributed by atoms with Crippen molar-refractivity contribution in [2.45, 2.75) is 12.1 Å². The predicted octanol–water partition coefficient (Wildman–Crippen LogP) is 3.56. The molecule has 6 heteroatoms. The number of nitrogens with one attached hydrogen (secondary N) is 1. The van der Waals surface area contributed by atoms with E-state index in [9.17, 15) is 5.11 Å². The van der Waals surface area contributed by atoms with Crippen LogP contribution in [0, 0.1) is 0 Å². The van der Waals surface area contributed by atoms with Crippen LogP contribution in [0.2, 0.25) is 0 Å². The highest BCUT2D eigenvalue weighted by atomic mass is 32.1. The lowest BCUT2D eigenvalue weighted by Crippen LogP contribution is -2.29. The Morgan fingerprint density at radius 2 is 1.92 bits per heavy atom. The molecule has 1 aliphatic rings. The summed E-state index contributed by atoms with van der Waals surface area (Å²) in [6.07, 6.45) is 3.39. The lowest BCUT2D eigenvalue weighted by atomic mass is 10.0. The predicted molar refractivity (Wildman–Crippen MR) is 94.7 cm³/mol. The molecule has 0 amide bonds. The van der Waals surface area contributed by atoms with Crippen LogP contribution in [0.5, 0.6) is 5.75 Å². The van der Waals surface area contributed by atoms with Crippen LogP contribution in [0.15, 0.2) is 71.5 Å². The number of anilines is 1. The van der Waals surface area contributed by atoms with Crippen molar-refractivity contribution < 1.29 is 9.52 Å². The highest BCUT2D eigenvalue weighted by molar-refractivity contribution is 7.80. The van der Waals surface area contributed by atoms with Gasteiger partial charge < -0.3 is 19.7 Å². The molecule has 0 radical (unpaired) electrons. The number of furan rings is 1. The Morgan fingerprint density at radius 1 is 1.08 bits per heavy atom. The first-order valence-corrected chi connectivity index (χ1v) is 7.98. The molecule has 5 nitrogen and oxygen atoms in total. The van der Waals surface area contributed by atoms with Gasteiger partial charge in [-0.2, -0.15) is 0 Å². The number of nitrogens with zero attached hydrogens (tertiary/aromatic N) is 2. The number of para-hydroxylation sites is 2. The molecule has 0 unspecified atom stereocenters. The minimum absolute atomic E-state index is 0.167. The molecule has 4 rings (SSSR count). The molecule has 0 aliphatic carbocycles. The van der Waals surface area contributed by atoms with Crippen molar-refractivity contribution in [2.75, 3.05) is 4.90 Å². The van der Waals surface area contributed by atoms with E-state index in [0.717, 1.165) is 11.5 Å². The van der Waals surface area contributed by atoms with Gasteiger partial charge in [-0.05, 0) is 48.6 Å². The Bertz CT molecular complexity index is 852. The molecule has 120 valence electrons. The van der Waals surface area contributed by atoms with Crippen molar-refractivity contribution in [1.82, 2.24) is 10.3 Å². The third-order valence-corrected chi connectivity index (χ3v) is 4.39. The minimum Gasteiger partial charge on any atom is -0.506 e. The van der Waals surface area contributed by atoms with Gasteiger partial charge in [-0.3, -0.25) is 4.98 Å². The molecule has 1 aromatic carbocycles. The Labute approximate surface area is 144 Å². The van der Waals surface area contributed by atoms with E-state index >= 15 is 0 Å². The molecule has 0 saturated carbocycles. The summed E-state index contributed by atoms with van der Waals surface area (Å²) in [6, 6.07) is 16.2. The number of hydrogen-bond acceptors (Lipinski definition) is 4. The second kappa shape index (κ2) is 5.98. The highest BCUT2D eigenvalue weighted by Gasteiger charge is 2.42. The van der Waals surface area contributed by atoms with Crippen LogP contribution in [-0.4, -0.2) is 15.2 Å². The first-order chi connectivity index (χ1) is 11.8. The number of thiocarbonyl (C=S) groups is 1. The number of aromatic nitrogens is 1. The average Bonchev–Trinajstić information content (AvgIpc) is 3.24. The number of pyridine rings is 1. The summed E-state index contributed by atoms with van der Waals surface area (Å²) in [5.74, 6) is 0.918. The number of rotatable bonds is 3. The van der Waals surface area contributed by atoms with Gasteiger partial charge in [0, 0.05) is 6.20 Å². The summed E-state index contributed by atoms with van der Waals surface area (Å²) in [5.41, 5.74) is 1.49. The first kappa shape index (κ1) is 14.7. The lowest BCUT2D eigenvalue weighted by Gasteiger charge is -2.26. The Morgan fingerprint density at radius 3 is 2.62 bits per heavy atom. The zero-order valence-corrected chi connectivity index (χ0v) is 13.5. The standard InChI is InChI=1S/C18H15N3O2S/c22-14-8-2-1-7-13(14)21-17(15-9-5-11-23-15)16(20-18(21)24)12-6-3-4-10-19-12/h1-11,16-17,22H,(H,20,24)/t16-,17+/m0/s1. The topological polar surface area (TPSA) is 61.5 Å². The maximum absolute atomic E-state index is 10.3. The monoisotopic (exact) mass is 337 g/mol. The van der Waals surface area contributed by atoms with Gasteiger partial charge in [0.1, 0.15) is 17.6 Å². The van der Waals surface area contributed by atoms with Gasteiger partial charge in [-0.15, -0.1) is 0 Å². The Kier molecular flexibility index (Phi) is 3.66. The van der Waals surface area contributed by atoms with Crippen LogP contribution in [0.3, 0.4) is 0 Å². The molecule has 0 spiro atoms. The van der Waals surface area contributed by atoms with E-state index in [1.54, 1.807) is 24.6 Å². The fourth-order valence-electron chi connectivity index (χ4n) is 3.03. The van der Waals surface area contributed by atoms with Crippen LogP contribution in [0.1, 0.15) is 23.5 Å². The van der Waals surface area contributed by atoms with Gasteiger partial charge in [0.25, 0.3) is 0 Å². The highest BCUT2D eigenvalue weighted by Crippen LogP contribution is 2.43. The summed E-state index contributed by atoms with van der Waals surface area (Å²) in [6.45, 7) is 0. The van der Waals surface area contributed by atoms with Crippen molar-refractivity contribution in [3.63, 3.8) is 0 Å². The van der Waals surface area contributed by atoms with Crippen molar-refractivity contribution in [1.29, 1.82) is 0 Å². The van der Waals surface area contributed by atoms with E-state index in [0.29, 0.717) is 10.8 Å². The second-order valence-corrected chi connectivity index (χ2v) is 5.89. The molecule has 1 fully saturated rings. The van der Waals surface area contributed by atoms with Gasteiger partial charge in [0.15, 0.2) is 5.11 Å². The van der Waals surface area contributed by atoms with E-state index < -0.39 is 0 Å². The van der Waals surface area contributed by atoms with Gasteiger partial charge in [-0.1, -0.05) is 18.2 Å². The molecule has 1 saturated heterocycles. The van der Waals surface area contributed by atoms with Crippen LogP contribution in [-0.2, 0) is 0 Å². The summed E-state index contributed by atoms with van der Waals surface area (Å²) in [4.78, 5) is 6.33. The molecule has 2 N–H and O–H groups in total. The zero-order chi connectivity index (χ0) is 16.5. The number of phenols is 1. The molecule has 0 bridgehead atoms.